The van der Waals surface area contributed by atoms with Crippen molar-refractivity contribution in [2.24, 2.45) is 0 Å². The second kappa shape index (κ2) is 5.92. The number of para-hydroxylation sites is 1. The summed E-state index contributed by atoms with van der Waals surface area (Å²) in [5.74, 6) is 0.997. The fourth-order valence-corrected chi connectivity index (χ4v) is 2.51. The van der Waals surface area contributed by atoms with Crippen molar-refractivity contribution < 1.29 is 4.74 Å². The first-order valence-electron chi connectivity index (χ1n) is 6.89. The number of nitrogens with zero attached hydrogens (tertiary/aromatic N) is 2. The molecule has 4 nitrogen and oxygen atoms in total. The van der Waals surface area contributed by atoms with Gasteiger partial charge >= 0.3 is 0 Å². The van der Waals surface area contributed by atoms with E-state index in [1.807, 2.05) is 12.3 Å². The zero-order valence-corrected chi connectivity index (χ0v) is 11.7. The number of nitrogens with one attached hydrogen (secondary N) is 1. The molecule has 0 unspecified atom stereocenters. The van der Waals surface area contributed by atoms with Gasteiger partial charge in [-0.3, -0.25) is 9.88 Å². The van der Waals surface area contributed by atoms with Gasteiger partial charge in [0.05, 0.1) is 5.69 Å². The molecule has 1 N–H and O–H groups in total. The zero-order valence-electron chi connectivity index (χ0n) is 11.7. The molecule has 1 aromatic heterocycles. The molecule has 4 heteroatoms. The lowest BCUT2D eigenvalue weighted by Crippen LogP contribution is -2.22. The maximum absolute atomic E-state index is 5.80. The minimum absolute atomic E-state index is 0.732. The van der Waals surface area contributed by atoms with Crippen molar-refractivity contribution in [1.29, 1.82) is 0 Å². The van der Waals surface area contributed by atoms with Gasteiger partial charge in [-0.15, -0.1) is 0 Å². The predicted octanol–water partition coefficient (Wildman–Crippen LogP) is 2.52. The normalized spacial score (nSPS) is 13.5. The summed E-state index contributed by atoms with van der Waals surface area (Å²) in [5.41, 5.74) is 3.54. The van der Waals surface area contributed by atoms with Gasteiger partial charge in [-0.1, -0.05) is 18.2 Å². The van der Waals surface area contributed by atoms with Crippen LogP contribution in [0.15, 0.2) is 42.7 Å². The molecule has 2 heterocycles. The van der Waals surface area contributed by atoms with Crippen LogP contribution in [-0.2, 0) is 13.1 Å². The quantitative estimate of drug-likeness (QED) is 0.925. The summed E-state index contributed by atoms with van der Waals surface area (Å²) < 4.78 is 5.80. The standard InChI is InChI=1S/C16H19N3O/c1-19(11-13-4-3-7-17-10-13)12-14-5-2-6-15-16(14)20-9-8-18-15/h2-7,10,18H,8-9,11-12H2,1H3. The summed E-state index contributed by atoms with van der Waals surface area (Å²) in [7, 11) is 2.11. The van der Waals surface area contributed by atoms with Crippen LogP contribution in [0.4, 0.5) is 5.69 Å². The van der Waals surface area contributed by atoms with Gasteiger partial charge in [-0.25, -0.2) is 0 Å². The van der Waals surface area contributed by atoms with Crippen LogP contribution in [0, 0.1) is 0 Å². The molecule has 0 saturated carbocycles. The molecule has 1 aliphatic heterocycles. The lowest BCUT2D eigenvalue weighted by Gasteiger charge is -2.24. The summed E-state index contributed by atoms with van der Waals surface area (Å²) in [6.45, 7) is 3.35. The molecule has 0 saturated heterocycles. The molecule has 0 spiro atoms. The van der Waals surface area contributed by atoms with E-state index < -0.39 is 0 Å². The smallest absolute Gasteiger partial charge is 0.146 e. The van der Waals surface area contributed by atoms with Crippen molar-refractivity contribution in [3.8, 4) is 5.75 Å². The van der Waals surface area contributed by atoms with Crippen LogP contribution in [-0.4, -0.2) is 30.1 Å². The Morgan fingerprint density at radius 3 is 3.05 bits per heavy atom. The molecular weight excluding hydrogens is 250 g/mol. The van der Waals surface area contributed by atoms with E-state index in [1.54, 1.807) is 6.20 Å². The minimum Gasteiger partial charge on any atom is -0.489 e. The second-order valence-electron chi connectivity index (χ2n) is 5.10. The van der Waals surface area contributed by atoms with E-state index in [9.17, 15) is 0 Å². The fourth-order valence-electron chi connectivity index (χ4n) is 2.51. The molecular formula is C16H19N3O. The fraction of sp³-hybridized carbons (Fsp3) is 0.312. The number of benzene rings is 1. The van der Waals surface area contributed by atoms with Crippen LogP contribution < -0.4 is 10.1 Å². The Morgan fingerprint density at radius 2 is 2.20 bits per heavy atom. The number of pyridine rings is 1. The average molecular weight is 269 g/mol. The SMILES string of the molecule is CN(Cc1cccnc1)Cc1cccc2c1OCCN2. The number of anilines is 1. The van der Waals surface area contributed by atoms with E-state index >= 15 is 0 Å². The third-order valence-corrected chi connectivity index (χ3v) is 3.38. The van der Waals surface area contributed by atoms with Crippen LogP contribution >= 0.6 is 0 Å². The lowest BCUT2D eigenvalue weighted by molar-refractivity contribution is 0.291. The van der Waals surface area contributed by atoms with E-state index in [4.69, 9.17) is 4.74 Å². The molecule has 2 aromatic rings. The second-order valence-corrected chi connectivity index (χ2v) is 5.10. The van der Waals surface area contributed by atoms with E-state index in [0.29, 0.717) is 0 Å². The van der Waals surface area contributed by atoms with Crippen molar-refractivity contribution in [2.45, 2.75) is 13.1 Å². The van der Waals surface area contributed by atoms with E-state index in [1.165, 1.54) is 11.1 Å². The van der Waals surface area contributed by atoms with Gasteiger partial charge in [-0.2, -0.15) is 0 Å². The average Bonchev–Trinajstić information content (AvgIpc) is 2.48. The largest absolute Gasteiger partial charge is 0.489 e. The zero-order chi connectivity index (χ0) is 13.8. The molecule has 1 aromatic carbocycles. The van der Waals surface area contributed by atoms with Crippen LogP contribution in [0.2, 0.25) is 0 Å². The number of rotatable bonds is 4. The van der Waals surface area contributed by atoms with Gasteiger partial charge in [0.15, 0.2) is 0 Å². The van der Waals surface area contributed by atoms with Crippen molar-refractivity contribution in [2.75, 3.05) is 25.5 Å². The first-order chi connectivity index (χ1) is 9.83. The van der Waals surface area contributed by atoms with Crippen molar-refractivity contribution in [3.63, 3.8) is 0 Å². The molecule has 0 fully saturated rings. The maximum atomic E-state index is 5.80. The highest BCUT2D eigenvalue weighted by Gasteiger charge is 2.14. The summed E-state index contributed by atoms with van der Waals surface area (Å²) in [5, 5.41) is 3.37. The van der Waals surface area contributed by atoms with Gasteiger partial charge in [0, 0.05) is 37.6 Å². The van der Waals surface area contributed by atoms with Crippen LogP contribution in [0.5, 0.6) is 5.75 Å². The third-order valence-electron chi connectivity index (χ3n) is 3.38. The summed E-state index contributed by atoms with van der Waals surface area (Å²) in [6, 6.07) is 10.3. The van der Waals surface area contributed by atoms with Crippen LogP contribution in [0.25, 0.3) is 0 Å². The maximum Gasteiger partial charge on any atom is 0.146 e. The summed E-state index contributed by atoms with van der Waals surface area (Å²) in [6.07, 6.45) is 3.71. The Morgan fingerprint density at radius 1 is 1.25 bits per heavy atom. The molecule has 3 rings (SSSR count). The van der Waals surface area contributed by atoms with Crippen molar-refractivity contribution in [1.82, 2.24) is 9.88 Å². The number of ether oxygens (including phenoxy) is 1. The first-order valence-corrected chi connectivity index (χ1v) is 6.89. The van der Waals surface area contributed by atoms with Crippen LogP contribution in [0.3, 0.4) is 0 Å². The Kier molecular flexibility index (Phi) is 3.83. The van der Waals surface area contributed by atoms with Gasteiger partial charge in [0.25, 0.3) is 0 Å². The van der Waals surface area contributed by atoms with E-state index in [0.717, 1.165) is 37.7 Å². The van der Waals surface area contributed by atoms with Crippen LogP contribution in [0.1, 0.15) is 11.1 Å². The monoisotopic (exact) mass is 269 g/mol. The minimum atomic E-state index is 0.732. The Labute approximate surface area is 119 Å². The van der Waals surface area contributed by atoms with Gasteiger partial charge in [-0.05, 0) is 24.7 Å². The van der Waals surface area contributed by atoms with Crippen molar-refractivity contribution >= 4 is 5.69 Å². The molecule has 20 heavy (non-hydrogen) atoms. The highest BCUT2D eigenvalue weighted by atomic mass is 16.5. The third kappa shape index (κ3) is 2.91. The first kappa shape index (κ1) is 12.9. The molecule has 0 amide bonds. The van der Waals surface area contributed by atoms with Gasteiger partial charge in [0.2, 0.25) is 0 Å². The molecule has 1 aliphatic rings. The highest BCUT2D eigenvalue weighted by Crippen LogP contribution is 2.31. The predicted molar refractivity (Wildman–Crippen MR) is 79.8 cm³/mol. The highest BCUT2D eigenvalue weighted by molar-refractivity contribution is 5.61. The Bertz CT molecular complexity index is 571. The number of fused-ring (bicyclic) bond motifs is 1. The molecule has 0 bridgehead atoms. The van der Waals surface area contributed by atoms with E-state index in [-0.39, 0.29) is 0 Å². The molecule has 0 atom stereocenters. The topological polar surface area (TPSA) is 37.4 Å². The number of hydrogen-bond acceptors (Lipinski definition) is 4. The van der Waals surface area contributed by atoms with Gasteiger partial charge in [0.1, 0.15) is 12.4 Å². The summed E-state index contributed by atoms with van der Waals surface area (Å²) in [4.78, 5) is 6.42. The van der Waals surface area contributed by atoms with Crippen molar-refractivity contribution in [3.05, 3.63) is 53.9 Å². The van der Waals surface area contributed by atoms with E-state index in [2.05, 4.69) is 46.5 Å². The number of aromatic nitrogens is 1. The number of hydrogen-bond donors (Lipinski definition) is 1. The molecule has 104 valence electrons. The Hall–Kier alpha value is -2.07. The molecule has 0 aliphatic carbocycles. The summed E-state index contributed by atoms with van der Waals surface area (Å²) >= 11 is 0. The molecule has 0 radical (unpaired) electrons. The lowest BCUT2D eigenvalue weighted by atomic mass is 10.1. The van der Waals surface area contributed by atoms with Gasteiger partial charge < -0.3 is 10.1 Å². The Balaban J connectivity index is 1.71.